The highest BCUT2D eigenvalue weighted by atomic mass is 79.9. The van der Waals surface area contributed by atoms with Crippen molar-refractivity contribution in [2.24, 2.45) is 0 Å². The molecule has 0 spiro atoms. The van der Waals surface area contributed by atoms with Crippen LogP contribution in [0.5, 0.6) is 5.75 Å². The number of halogens is 1. The van der Waals surface area contributed by atoms with Gasteiger partial charge < -0.3 is 24.6 Å². The Morgan fingerprint density at radius 1 is 1.10 bits per heavy atom. The molecular formula is C18H16BrNO8S. The van der Waals surface area contributed by atoms with E-state index in [1.165, 1.54) is 32.2 Å². The average Bonchev–Trinajstić information content (AvgIpc) is 3.02. The largest absolute Gasteiger partial charge is 0.507 e. The van der Waals surface area contributed by atoms with Crippen molar-refractivity contribution in [1.82, 2.24) is 0 Å². The van der Waals surface area contributed by atoms with E-state index in [1.54, 1.807) is 0 Å². The molecule has 11 heteroatoms. The van der Waals surface area contributed by atoms with Gasteiger partial charge in [-0.25, -0.2) is 14.4 Å². The summed E-state index contributed by atoms with van der Waals surface area (Å²) >= 11 is 4.00. The SMILES string of the molecule is COC(=O)c1sc(NC(=O)COC(=O)c2cc(Br)ccc2O)c(C(=O)OC)c1C. The number of hydrogen-bond acceptors (Lipinski definition) is 9. The third-order valence-corrected chi connectivity index (χ3v) is 5.35. The van der Waals surface area contributed by atoms with E-state index in [4.69, 9.17) is 9.47 Å². The number of rotatable bonds is 6. The van der Waals surface area contributed by atoms with E-state index in [1.807, 2.05) is 0 Å². The lowest BCUT2D eigenvalue weighted by Gasteiger charge is -2.08. The molecular weight excluding hydrogens is 470 g/mol. The highest BCUT2D eigenvalue weighted by Gasteiger charge is 2.27. The maximum Gasteiger partial charge on any atom is 0.348 e. The Labute approximate surface area is 177 Å². The normalized spacial score (nSPS) is 10.2. The van der Waals surface area contributed by atoms with Gasteiger partial charge in [-0.2, -0.15) is 0 Å². The second-order valence-corrected chi connectivity index (χ2v) is 7.47. The minimum absolute atomic E-state index is 0.00205. The van der Waals surface area contributed by atoms with Crippen molar-refractivity contribution in [1.29, 1.82) is 0 Å². The summed E-state index contributed by atoms with van der Waals surface area (Å²) in [4.78, 5) is 48.3. The Morgan fingerprint density at radius 2 is 1.76 bits per heavy atom. The quantitative estimate of drug-likeness (QED) is 0.471. The molecule has 2 rings (SSSR count). The summed E-state index contributed by atoms with van der Waals surface area (Å²) in [5.41, 5.74) is 0.171. The standard InChI is InChI=1S/C18H16BrNO8S/c1-8-13(17(24)26-2)15(29-14(8)18(25)27-3)20-12(22)7-28-16(23)10-6-9(19)4-5-11(10)21/h4-6,21H,7H2,1-3H3,(H,20,22). The lowest BCUT2D eigenvalue weighted by molar-refractivity contribution is -0.119. The first-order valence-electron chi connectivity index (χ1n) is 7.95. The molecule has 29 heavy (non-hydrogen) atoms. The van der Waals surface area contributed by atoms with Gasteiger partial charge in [0.1, 0.15) is 21.2 Å². The molecule has 0 aliphatic carbocycles. The van der Waals surface area contributed by atoms with Gasteiger partial charge in [0.15, 0.2) is 6.61 Å². The molecule has 0 radical (unpaired) electrons. The number of carbonyl (C=O) groups is 4. The van der Waals surface area contributed by atoms with Gasteiger partial charge in [0.2, 0.25) is 0 Å². The van der Waals surface area contributed by atoms with Crippen LogP contribution in [0.4, 0.5) is 5.00 Å². The first-order chi connectivity index (χ1) is 13.7. The van der Waals surface area contributed by atoms with Crippen molar-refractivity contribution < 1.29 is 38.5 Å². The van der Waals surface area contributed by atoms with Crippen LogP contribution >= 0.6 is 27.3 Å². The molecule has 154 valence electrons. The van der Waals surface area contributed by atoms with Gasteiger partial charge in [0.05, 0.1) is 19.8 Å². The van der Waals surface area contributed by atoms with Crippen molar-refractivity contribution in [2.75, 3.05) is 26.1 Å². The molecule has 0 atom stereocenters. The van der Waals surface area contributed by atoms with E-state index < -0.39 is 30.4 Å². The fourth-order valence-corrected chi connectivity index (χ4v) is 3.77. The predicted octanol–water partition coefficient (Wildman–Crippen LogP) is 2.89. The zero-order valence-electron chi connectivity index (χ0n) is 15.5. The molecule has 1 amide bonds. The third kappa shape index (κ3) is 5.12. The molecule has 2 aromatic rings. The Kier molecular flexibility index (Phi) is 7.35. The molecule has 0 bridgehead atoms. The molecule has 0 unspecified atom stereocenters. The van der Waals surface area contributed by atoms with E-state index in [-0.39, 0.29) is 26.8 Å². The molecule has 1 aromatic heterocycles. The van der Waals surface area contributed by atoms with Gasteiger partial charge >= 0.3 is 17.9 Å². The molecule has 0 saturated heterocycles. The van der Waals surface area contributed by atoms with E-state index >= 15 is 0 Å². The average molecular weight is 486 g/mol. The number of phenols is 1. The van der Waals surface area contributed by atoms with Crippen LogP contribution in [0.3, 0.4) is 0 Å². The second-order valence-electron chi connectivity index (χ2n) is 5.53. The number of nitrogens with one attached hydrogen (secondary N) is 1. The Hall–Kier alpha value is -2.92. The zero-order valence-corrected chi connectivity index (χ0v) is 17.9. The fraction of sp³-hybridized carbons (Fsp3) is 0.222. The summed E-state index contributed by atoms with van der Waals surface area (Å²) in [6, 6.07) is 4.17. The van der Waals surface area contributed by atoms with Crippen molar-refractivity contribution in [3.8, 4) is 5.75 Å². The number of esters is 3. The first-order valence-corrected chi connectivity index (χ1v) is 9.56. The van der Waals surface area contributed by atoms with Gasteiger partial charge in [-0.05, 0) is 30.7 Å². The van der Waals surface area contributed by atoms with E-state index in [2.05, 4.69) is 26.0 Å². The molecule has 0 aliphatic heterocycles. The van der Waals surface area contributed by atoms with Crippen molar-refractivity contribution >= 4 is 56.1 Å². The van der Waals surface area contributed by atoms with Crippen LogP contribution in [-0.4, -0.2) is 49.7 Å². The van der Waals surface area contributed by atoms with Gasteiger partial charge in [0.25, 0.3) is 5.91 Å². The second kappa shape index (κ2) is 9.52. The minimum atomic E-state index is -0.912. The maximum atomic E-state index is 12.2. The molecule has 1 heterocycles. The van der Waals surface area contributed by atoms with E-state index in [0.29, 0.717) is 10.0 Å². The van der Waals surface area contributed by atoms with Crippen LogP contribution in [0.25, 0.3) is 0 Å². The molecule has 0 fully saturated rings. The monoisotopic (exact) mass is 485 g/mol. The molecule has 1 aromatic carbocycles. The van der Waals surface area contributed by atoms with Crippen LogP contribution in [0.15, 0.2) is 22.7 Å². The number of anilines is 1. The van der Waals surface area contributed by atoms with Crippen molar-refractivity contribution in [3.63, 3.8) is 0 Å². The van der Waals surface area contributed by atoms with Gasteiger partial charge in [-0.3, -0.25) is 4.79 Å². The topological polar surface area (TPSA) is 128 Å². The van der Waals surface area contributed by atoms with Gasteiger partial charge in [-0.15, -0.1) is 11.3 Å². The van der Waals surface area contributed by atoms with Crippen molar-refractivity contribution in [3.05, 3.63) is 44.2 Å². The van der Waals surface area contributed by atoms with E-state index in [0.717, 1.165) is 18.4 Å². The van der Waals surface area contributed by atoms with E-state index in [9.17, 15) is 24.3 Å². The van der Waals surface area contributed by atoms with Crippen LogP contribution in [0, 0.1) is 6.92 Å². The van der Waals surface area contributed by atoms with Crippen LogP contribution in [0.1, 0.15) is 36.0 Å². The highest BCUT2D eigenvalue weighted by molar-refractivity contribution is 9.10. The summed E-state index contributed by atoms with van der Waals surface area (Å²) in [5, 5.41) is 12.2. The number of ether oxygens (including phenoxy) is 3. The summed E-state index contributed by atoms with van der Waals surface area (Å²) < 4.78 is 14.8. The summed E-state index contributed by atoms with van der Waals surface area (Å²) in [5.74, 6) is -3.39. The highest BCUT2D eigenvalue weighted by Crippen LogP contribution is 2.34. The lowest BCUT2D eigenvalue weighted by Crippen LogP contribution is -2.21. The zero-order chi connectivity index (χ0) is 21.7. The fourth-order valence-electron chi connectivity index (χ4n) is 2.28. The predicted molar refractivity (Wildman–Crippen MR) is 106 cm³/mol. The Morgan fingerprint density at radius 3 is 2.38 bits per heavy atom. The summed E-state index contributed by atoms with van der Waals surface area (Å²) in [6.45, 7) is 0.830. The maximum absolute atomic E-state index is 12.2. The summed E-state index contributed by atoms with van der Waals surface area (Å²) in [7, 11) is 2.35. The minimum Gasteiger partial charge on any atom is -0.507 e. The smallest absolute Gasteiger partial charge is 0.348 e. The van der Waals surface area contributed by atoms with Gasteiger partial charge in [-0.1, -0.05) is 15.9 Å². The number of hydrogen-bond donors (Lipinski definition) is 2. The number of thiophene rings is 1. The number of benzene rings is 1. The summed E-state index contributed by atoms with van der Waals surface area (Å²) in [6.07, 6.45) is 0. The number of amides is 1. The van der Waals surface area contributed by atoms with Crippen molar-refractivity contribution in [2.45, 2.75) is 6.92 Å². The number of aromatic hydroxyl groups is 1. The molecule has 0 saturated carbocycles. The molecule has 2 N–H and O–H groups in total. The Bertz CT molecular complexity index is 984. The van der Waals surface area contributed by atoms with Crippen LogP contribution in [0.2, 0.25) is 0 Å². The first kappa shape index (κ1) is 22.4. The molecule has 9 nitrogen and oxygen atoms in total. The molecule has 0 aliphatic rings. The van der Waals surface area contributed by atoms with Crippen LogP contribution < -0.4 is 5.32 Å². The third-order valence-electron chi connectivity index (χ3n) is 3.67. The lowest BCUT2D eigenvalue weighted by atomic mass is 10.1. The Balaban J connectivity index is 2.16. The van der Waals surface area contributed by atoms with Crippen LogP contribution in [-0.2, 0) is 19.0 Å². The number of methoxy groups -OCH3 is 2. The number of carbonyl (C=O) groups excluding carboxylic acids is 4. The van der Waals surface area contributed by atoms with Gasteiger partial charge in [0, 0.05) is 4.47 Å². The number of phenolic OH excluding ortho intramolecular Hbond substituents is 1.